The van der Waals surface area contributed by atoms with E-state index in [4.69, 9.17) is 16.3 Å². The van der Waals surface area contributed by atoms with Crippen LogP contribution in [0.25, 0.3) is 0 Å². The molecule has 0 saturated carbocycles. The lowest BCUT2D eigenvalue weighted by Crippen LogP contribution is -2.34. The molecule has 0 bridgehead atoms. The normalized spacial score (nSPS) is 17.0. The first-order valence-electron chi connectivity index (χ1n) is 10.4. The summed E-state index contributed by atoms with van der Waals surface area (Å²) in [5, 5.41) is 0.631. The van der Waals surface area contributed by atoms with Crippen molar-refractivity contribution in [3.8, 4) is 5.75 Å². The number of likely N-dealkylation sites (tertiary alicyclic amines) is 1. The summed E-state index contributed by atoms with van der Waals surface area (Å²) in [7, 11) is 0. The number of halogens is 1. The van der Waals surface area contributed by atoms with Gasteiger partial charge in [-0.3, -0.25) is 9.69 Å². The van der Waals surface area contributed by atoms with Crippen LogP contribution in [0, 0.1) is 0 Å². The Morgan fingerprint density at radius 2 is 1.71 bits per heavy atom. The standard InChI is InChI=1S/C24H30ClNO2/c1-2-3-4-5-16-26-17-6-7-22(26)18-28-23-14-10-20(11-15-23)24(27)19-8-12-21(25)13-9-19/h8-15,22H,2-7,16-18H2,1H3. The monoisotopic (exact) mass is 399 g/mol. The van der Waals surface area contributed by atoms with Crippen LogP contribution in [0.1, 0.15) is 61.4 Å². The second kappa shape index (κ2) is 10.6. The molecule has 0 radical (unpaired) electrons. The Bertz CT molecular complexity index is 742. The van der Waals surface area contributed by atoms with E-state index in [1.807, 2.05) is 24.3 Å². The highest BCUT2D eigenvalue weighted by Gasteiger charge is 2.24. The van der Waals surface area contributed by atoms with E-state index in [-0.39, 0.29) is 5.78 Å². The minimum Gasteiger partial charge on any atom is -0.492 e. The van der Waals surface area contributed by atoms with Gasteiger partial charge < -0.3 is 4.74 Å². The van der Waals surface area contributed by atoms with Crippen molar-refractivity contribution in [3.63, 3.8) is 0 Å². The number of ketones is 1. The molecule has 0 N–H and O–H groups in total. The molecular weight excluding hydrogens is 370 g/mol. The molecule has 0 amide bonds. The summed E-state index contributed by atoms with van der Waals surface area (Å²) in [5.74, 6) is 0.822. The molecule has 2 aromatic rings. The number of nitrogens with zero attached hydrogens (tertiary/aromatic N) is 1. The van der Waals surface area contributed by atoms with Crippen LogP contribution in [-0.4, -0.2) is 36.4 Å². The number of rotatable bonds is 10. The number of carbonyl (C=O) groups is 1. The Morgan fingerprint density at radius 3 is 2.39 bits per heavy atom. The third-order valence-corrected chi connectivity index (χ3v) is 5.72. The smallest absolute Gasteiger partial charge is 0.193 e. The Morgan fingerprint density at radius 1 is 1.04 bits per heavy atom. The molecule has 3 nitrogen and oxygen atoms in total. The van der Waals surface area contributed by atoms with Gasteiger partial charge in [-0.1, -0.05) is 37.8 Å². The molecule has 1 aliphatic rings. The summed E-state index contributed by atoms with van der Waals surface area (Å²) in [6.07, 6.45) is 7.69. The van der Waals surface area contributed by atoms with Crippen LogP contribution in [-0.2, 0) is 0 Å². The molecule has 1 unspecified atom stereocenters. The molecule has 28 heavy (non-hydrogen) atoms. The molecule has 1 saturated heterocycles. The fraction of sp³-hybridized carbons (Fsp3) is 0.458. The zero-order chi connectivity index (χ0) is 19.8. The molecule has 0 aliphatic carbocycles. The van der Waals surface area contributed by atoms with Crippen molar-refractivity contribution in [1.82, 2.24) is 4.90 Å². The van der Waals surface area contributed by atoms with E-state index in [9.17, 15) is 4.79 Å². The van der Waals surface area contributed by atoms with Gasteiger partial charge in [0.1, 0.15) is 12.4 Å². The maximum absolute atomic E-state index is 12.5. The topological polar surface area (TPSA) is 29.5 Å². The SMILES string of the molecule is CCCCCCN1CCCC1COc1ccc(C(=O)c2ccc(Cl)cc2)cc1. The predicted molar refractivity (Wildman–Crippen MR) is 116 cm³/mol. The zero-order valence-corrected chi connectivity index (χ0v) is 17.5. The molecule has 1 fully saturated rings. The van der Waals surface area contributed by atoms with Crippen LogP contribution in [0.5, 0.6) is 5.75 Å². The fourth-order valence-corrected chi connectivity index (χ4v) is 3.91. The van der Waals surface area contributed by atoms with Crippen molar-refractivity contribution in [2.45, 2.75) is 51.5 Å². The van der Waals surface area contributed by atoms with Crippen LogP contribution < -0.4 is 4.74 Å². The first-order chi connectivity index (χ1) is 13.7. The minimum absolute atomic E-state index is 0.00253. The van der Waals surface area contributed by atoms with Crippen molar-refractivity contribution >= 4 is 17.4 Å². The van der Waals surface area contributed by atoms with Crippen molar-refractivity contribution in [2.75, 3.05) is 19.7 Å². The van der Waals surface area contributed by atoms with E-state index in [0.717, 1.165) is 12.4 Å². The lowest BCUT2D eigenvalue weighted by molar-refractivity contribution is 0.103. The lowest BCUT2D eigenvalue weighted by Gasteiger charge is -2.24. The zero-order valence-electron chi connectivity index (χ0n) is 16.7. The first-order valence-corrected chi connectivity index (χ1v) is 10.8. The van der Waals surface area contributed by atoms with Crippen molar-refractivity contribution in [3.05, 3.63) is 64.7 Å². The minimum atomic E-state index is -0.00253. The molecule has 0 aromatic heterocycles. The van der Waals surface area contributed by atoms with E-state index >= 15 is 0 Å². The highest BCUT2D eigenvalue weighted by Crippen LogP contribution is 2.21. The van der Waals surface area contributed by atoms with Crippen LogP contribution >= 0.6 is 11.6 Å². The average Bonchev–Trinajstić information content (AvgIpc) is 3.17. The van der Waals surface area contributed by atoms with Crippen LogP contribution in [0.4, 0.5) is 0 Å². The number of carbonyl (C=O) groups excluding carboxylic acids is 1. The molecular formula is C24H30ClNO2. The van der Waals surface area contributed by atoms with Crippen LogP contribution in [0.3, 0.4) is 0 Å². The maximum atomic E-state index is 12.5. The third-order valence-electron chi connectivity index (χ3n) is 5.46. The van der Waals surface area contributed by atoms with Gasteiger partial charge in [-0.15, -0.1) is 0 Å². The molecule has 2 aromatic carbocycles. The Labute approximate surface area is 173 Å². The van der Waals surface area contributed by atoms with Crippen molar-refractivity contribution in [1.29, 1.82) is 0 Å². The summed E-state index contributed by atoms with van der Waals surface area (Å²) >= 11 is 5.89. The molecule has 1 heterocycles. The summed E-state index contributed by atoms with van der Waals surface area (Å²) < 4.78 is 6.03. The van der Waals surface area contributed by atoms with E-state index in [1.165, 1.54) is 51.6 Å². The van der Waals surface area contributed by atoms with Crippen LogP contribution in [0.2, 0.25) is 5.02 Å². The van der Waals surface area contributed by atoms with E-state index in [1.54, 1.807) is 24.3 Å². The van der Waals surface area contributed by atoms with Crippen LogP contribution in [0.15, 0.2) is 48.5 Å². The van der Waals surface area contributed by atoms with Gasteiger partial charge in [0.15, 0.2) is 5.78 Å². The number of hydrogen-bond donors (Lipinski definition) is 0. The maximum Gasteiger partial charge on any atom is 0.193 e. The number of unbranched alkanes of at least 4 members (excludes halogenated alkanes) is 3. The Kier molecular flexibility index (Phi) is 7.93. The molecule has 150 valence electrons. The second-order valence-electron chi connectivity index (χ2n) is 7.56. The van der Waals surface area contributed by atoms with Gasteiger partial charge in [0.25, 0.3) is 0 Å². The highest BCUT2D eigenvalue weighted by atomic mass is 35.5. The van der Waals surface area contributed by atoms with Gasteiger partial charge in [-0.25, -0.2) is 0 Å². The molecule has 4 heteroatoms. The number of benzene rings is 2. The molecule has 0 spiro atoms. The second-order valence-corrected chi connectivity index (χ2v) is 8.00. The summed E-state index contributed by atoms with van der Waals surface area (Å²) in [5.41, 5.74) is 1.30. The van der Waals surface area contributed by atoms with Gasteiger partial charge >= 0.3 is 0 Å². The summed E-state index contributed by atoms with van der Waals surface area (Å²) in [4.78, 5) is 15.1. The highest BCUT2D eigenvalue weighted by molar-refractivity contribution is 6.30. The molecule has 1 atom stereocenters. The molecule has 1 aliphatic heterocycles. The quantitative estimate of drug-likeness (QED) is 0.362. The van der Waals surface area contributed by atoms with Gasteiger partial charge in [0.05, 0.1) is 0 Å². The molecule has 3 rings (SSSR count). The Hall–Kier alpha value is -1.84. The summed E-state index contributed by atoms with van der Waals surface area (Å²) in [6.45, 7) is 5.34. The Balaban J connectivity index is 1.50. The third kappa shape index (κ3) is 5.83. The number of ether oxygens (including phenoxy) is 1. The average molecular weight is 400 g/mol. The van der Waals surface area contributed by atoms with Crippen molar-refractivity contribution in [2.24, 2.45) is 0 Å². The fourth-order valence-electron chi connectivity index (χ4n) is 3.78. The van der Waals surface area contributed by atoms with Gasteiger partial charge in [-0.2, -0.15) is 0 Å². The first kappa shape index (κ1) is 20.9. The van der Waals surface area contributed by atoms with E-state index in [0.29, 0.717) is 22.2 Å². The van der Waals surface area contributed by atoms with Gasteiger partial charge in [0.2, 0.25) is 0 Å². The largest absolute Gasteiger partial charge is 0.492 e. The van der Waals surface area contributed by atoms with E-state index < -0.39 is 0 Å². The number of hydrogen-bond acceptors (Lipinski definition) is 3. The lowest BCUT2D eigenvalue weighted by atomic mass is 10.0. The van der Waals surface area contributed by atoms with E-state index in [2.05, 4.69) is 11.8 Å². The van der Waals surface area contributed by atoms with Crippen molar-refractivity contribution < 1.29 is 9.53 Å². The van der Waals surface area contributed by atoms with Gasteiger partial charge in [0, 0.05) is 22.2 Å². The predicted octanol–water partition coefficient (Wildman–Crippen LogP) is 5.99. The summed E-state index contributed by atoms with van der Waals surface area (Å²) in [6, 6.07) is 15.0. The van der Waals surface area contributed by atoms with Gasteiger partial charge in [-0.05, 0) is 80.9 Å².